The molecule has 19 heavy (non-hydrogen) atoms. The maximum Gasteiger partial charge on any atom is 0.251 e. The van der Waals surface area contributed by atoms with Crippen molar-refractivity contribution in [2.24, 2.45) is 5.41 Å². The Bertz CT molecular complexity index is 481. The van der Waals surface area contributed by atoms with Gasteiger partial charge in [0.1, 0.15) is 0 Å². The minimum Gasteiger partial charge on any atom is -0.351 e. The lowest BCUT2D eigenvalue weighted by Gasteiger charge is -2.34. The first-order valence-corrected chi connectivity index (χ1v) is 6.62. The number of nitrogens with zero attached hydrogens (tertiary/aromatic N) is 1. The van der Waals surface area contributed by atoms with Crippen LogP contribution in [-0.2, 0) is 0 Å². The number of benzene rings is 1. The van der Waals surface area contributed by atoms with Crippen LogP contribution in [0.1, 0.15) is 35.7 Å². The van der Waals surface area contributed by atoms with E-state index in [0.29, 0.717) is 17.7 Å². The standard InChI is InChI=1S/C15H19N3O/c1-15(7-2-8-17-10-15)11-18-14(19)13-5-3-12(9-16)4-6-13/h3-6,17H,2,7-8,10-11H2,1H3,(H,18,19). The van der Waals surface area contributed by atoms with E-state index in [1.807, 2.05) is 6.07 Å². The highest BCUT2D eigenvalue weighted by atomic mass is 16.1. The Kier molecular flexibility index (Phi) is 4.18. The summed E-state index contributed by atoms with van der Waals surface area (Å²) < 4.78 is 0. The van der Waals surface area contributed by atoms with Crippen LogP contribution < -0.4 is 10.6 Å². The molecule has 2 rings (SSSR count). The molecule has 1 aromatic carbocycles. The van der Waals surface area contributed by atoms with Gasteiger partial charge in [0, 0.05) is 18.7 Å². The van der Waals surface area contributed by atoms with E-state index >= 15 is 0 Å². The van der Waals surface area contributed by atoms with Gasteiger partial charge >= 0.3 is 0 Å². The molecule has 0 aliphatic carbocycles. The summed E-state index contributed by atoms with van der Waals surface area (Å²) in [5, 5.41) is 15.1. The number of nitriles is 1. The van der Waals surface area contributed by atoms with Crippen molar-refractivity contribution < 1.29 is 4.79 Å². The van der Waals surface area contributed by atoms with Crippen LogP contribution in [0.15, 0.2) is 24.3 Å². The summed E-state index contributed by atoms with van der Waals surface area (Å²) in [6.07, 6.45) is 2.29. The number of amides is 1. The fourth-order valence-corrected chi connectivity index (χ4v) is 2.36. The second-order valence-electron chi connectivity index (χ2n) is 5.46. The van der Waals surface area contributed by atoms with Crippen LogP contribution in [0, 0.1) is 16.7 Å². The third kappa shape index (κ3) is 3.55. The number of nitrogens with one attached hydrogen (secondary N) is 2. The summed E-state index contributed by atoms with van der Waals surface area (Å²) in [5.74, 6) is -0.0729. The summed E-state index contributed by atoms with van der Waals surface area (Å²) in [7, 11) is 0. The van der Waals surface area contributed by atoms with E-state index in [1.54, 1.807) is 24.3 Å². The van der Waals surface area contributed by atoms with Gasteiger partial charge in [-0.15, -0.1) is 0 Å². The van der Waals surface area contributed by atoms with Crippen LogP contribution in [-0.4, -0.2) is 25.5 Å². The highest BCUT2D eigenvalue weighted by Gasteiger charge is 2.27. The van der Waals surface area contributed by atoms with Gasteiger partial charge < -0.3 is 10.6 Å². The molecule has 100 valence electrons. The van der Waals surface area contributed by atoms with Crippen molar-refractivity contribution in [2.75, 3.05) is 19.6 Å². The molecule has 1 saturated heterocycles. The van der Waals surface area contributed by atoms with Crippen molar-refractivity contribution in [3.63, 3.8) is 0 Å². The summed E-state index contributed by atoms with van der Waals surface area (Å²) in [6, 6.07) is 8.75. The SMILES string of the molecule is CC1(CNC(=O)c2ccc(C#N)cc2)CCCNC1. The monoisotopic (exact) mass is 257 g/mol. The smallest absolute Gasteiger partial charge is 0.251 e. The van der Waals surface area contributed by atoms with E-state index in [0.717, 1.165) is 25.9 Å². The predicted molar refractivity (Wildman–Crippen MR) is 73.7 cm³/mol. The second kappa shape index (κ2) is 5.85. The molecule has 1 amide bonds. The Morgan fingerprint density at radius 3 is 2.79 bits per heavy atom. The summed E-state index contributed by atoms with van der Waals surface area (Å²) in [5.41, 5.74) is 1.31. The van der Waals surface area contributed by atoms with Crippen LogP contribution in [0.25, 0.3) is 0 Å². The fraction of sp³-hybridized carbons (Fsp3) is 0.467. The Morgan fingerprint density at radius 1 is 1.47 bits per heavy atom. The van der Waals surface area contributed by atoms with Gasteiger partial charge in [-0.2, -0.15) is 5.26 Å². The molecule has 0 bridgehead atoms. The van der Waals surface area contributed by atoms with E-state index in [-0.39, 0.29) is 11.3 Å². The van der Waals surface area contributed by atoms with Crippen molar-refractivity contribution in [2.45, 2.75) is 19.8 Å². The van der Waals surface area contributed by atoms with Crippen LogP contribution in [0.4, 0.5) is 0 Å². The number of hydrogen-bond donors (Lipinski definition) is 2. The molecule has 1 fully saturated rings. The van der Waals surface area contributed by atoms with Gasteiger partial charge in [-0.3, -0.25) is 4.79 Å². The molecule has 1 heterocycles. The van der Waals surface area contributed by atoms with Gasteiger partial charge in [0.15, 0.2) is 0 Å². The largest absolute Gasteiger partial charge is 0.351 e. The average molecular weight is 257 g/mol. The number of carbonyl (C=O) groups is 1. The van der Waals surface area contributed by atoms with E-state index in [2.05, 4.69) is 17.6 Å². The van der Waals surface area contributed by atoms with Crippen molar-refractivity contribution in [1.82, 2.24) is 10.6 Å². The summed E-state index contributed by atoms with van der Waals surface area (Å²) in [4.78, 5) is 12.0. The average Bonchev–Trinajstić information content (AvgIpc) is 2.46. The van der Waals surface area contributed by atoms with E-state index < -0.39 is 0 Å². The molecular weight excluding hydrogens is 238 g/mol. The zero-order chi connectivity index (χ0) is 13.7. The van der Waals surface area contributed by atoms with Gasteiger partial charge in [-0.05, 0) is 49.1 Å². The summed E-state index contributed by atoms with van der Waals surface area (Å²) in [6.45, 7) is 4.89. The minimum atomic E-state index is -0.0729. The molecule has 0 aromatic heterocycles. The van der Waals surface area contributed by atoms with Gasteiger partial charge in [0.25, 0.3) is 5.91 Å². The first-order valence-electron chi connectivity index (χ1n) is 6.62. The lowest BCUT2D eigenvalue weighted by molar-refractivity contribution is 0.0924. The Morgan fingerprint density at radius 2 is 2.21 bits per heavy atom. The maximum atomic E-state index is 12.0. The van der Waals surface area contributed by atoms with Gasteiger partial charge in [0.2, 0.25) is 0 Å². The highest BCUT2D eigenvalue weighted by Crippen LogP contribution is 2.24. The molecule has 1 aromatic rings. The van der Waals surface area contributed by atoms with Gasteiger partial charge in [-0.25, -0.2) is 0 Å². The van der Waals surface area contributed by atoms with E-state index in [9.17, 15) is 4.79 Å². The van der Waals surface area contributed by atoms with Crippen molar-refractivity contribution in [1.29, 1.82) is 5.26 Å². The van der Waals surface area contributed by atoms with Crippen molar-refractivity contribution in [3.05, 3.63) is 35.4 Å². The van der Waals surface area contributed by atoms with Crippen molar-refractivity contribution >= 4 is 5.91 Å². The quantitative estimate of drug-likeness (QED) is 0.866. The molecule has 1 unspecified atom stereocenters. The number of rotatable bonds is 3. The predicted octanol–water partition coefficient (Wildman–Crippen LogP) is 1.68. The zero-order valence-corrected chi connectivity index (χ0v) is 11.2. The number of hydrogen-bond acceptors (Lipinski definition) is 3. The molecule has 4 nitrogen and oxygen atoms in total. The Labute approximate surface area is 113 Å². The van der Waals surface area contributed by atoms with E-state index in [1.165, 1.54) is 0 Å². The molecule has 1 aliphatic rings. The van der Waals surface area contributed by atoms with Gasteiger partial charge in [0.05, 0.1) is 11.6 Å². The molecule has 0 spiro atoms. The molecule has 1 aliphatic heterocycles. The normalized spacial score (nSPS) is 22.5. The molecule has 0 radical (unpaired) electrons. The third-order valence-corrected chi connectivity index (χ3v) is 3.64. The second-order valence-corrected chi connectivity index (χ2v) is 5.46. The van der Waals surface area contributed by atoms with Crippen molar-refractivity contribution in [3.8, 4) is 6.07 Å². The first kappa shape index (κ1) is 13.6. The minimum absolute atomic E-state index is 0.0729. The van der Waals surface area contributed by atoms with Crippen LogP contribution in [0.2, 0.25) is 0 Å². The third-order valence-electron chi connectivity index (χ3n) is 3.64. The number of carbonyl (C=O) groups excluding carboxylic acids is 1. The lowest BCUT2D eigenvalue weighted by Crippen LogP contribution is -2.45. The molecule has 1 atom stereocenters. The molecule has 4 heteroatoms. The topological polar surface area (TPSA) is 64.9 Å². The Hall–Kier alpha value is -1.86. The molecule has 2 N–H and O–H groups in total. The molecular formula is C15H19N3O. The Balaban J connectivity index is 1.91. The van der Waals surface area contributed by atoms with E-state index in [4.69, 9.17) is 5.26 Å². The van der Waals surface area contributed by atoms with Crippen LogP contribution >= 0.6 is 0 Å². The van der Waals surface area contributed by atoms with Gasteiger partial charge in [-0.1, -0.05) is 6.92 Å². The molecule has 0 saturated carbocycles. The zero-order valence-electron chi connectivity index (χ0n) is 11.2. The van der Waals surface area contributed by atoms with Crippen LogP contribution in [0.5, 0.6) is 0 Å². The lowest BCUT2D eigenvalue weighted by atomic mass is 9.83. The summed E-state index contributed by atoms with van der Waals surface area (Å²) >= 11 is 0. The highest BCUT2D eigenvalue weighted by molar-refractivity contribution is 5.94. The number of piperidine rings is 1. The van der Waals surface area contributed by atoms with Crippen LogP contribution in [0.3, 0.4) is 0 Å². The first-order chi connectivity index (χ1) is 9.13. The fourth-order valence-electron chi connectivity index (χ4n) is 2.36. The maximum absolute atomic E-state index is 12.0.